The Morgan fingerprint density at radius 2 is 1.61 bits per heavy atom. The molecule has 5 heteroatoms. The quantitative estimate of drug-likeness (QED) is 0.391. The summed E-state index contributed by atoms with van der Waals surface area (Å²) >= 11 is 0.232. The van der Waals surface area contributed by atoms with E-state index in [2.05, 4.69) is 12.1 Å². The van der Waals surface area contributed by atoms with Crippen LogP contribution < -0.4 is 4.46 Å². The monoisotopic (exact) mass is 444 g/mol. The molecule has 3 rings (SSSR count). The SMILES string of the molecule is COC(=O)C1(C(=O)OC)C=C(c2ccccc2C)C(C[Se]c2ccccc2)C1. The van der Waals surface area contributed by atoms with E-state index in [1.807, 2.05) is 49.4 Å². The Balaban J connectivity index is 2.00. The second-order valence-corrected chi connectivity index (χ2v) is 9.19. The van der Waals surface area contributed by atoms with Crippen LogP contribution in [0.4, 0.5) is 0 Å². The van der Waals surface area contributed by atoms with Gasteiger partial charge in [0.05, 0.1) is 0 Å². The molecule has 0 bridgehead atoms. The number of esters is 2. The number of hydrogen-bond donors (Lipinski definition) is 0. The summed E-state index contributed by atoms with van der Waals surface area (Å²) in [5.41, 5.74) is 1.85. The van der Waals surface area contributed by atoms with Crippen molar-refractivity contribution in [3.8, 4) is 0 Å². The van der Waals surface area contributed by atoms with Crippen LogP contribution in [0.25, 0.3) is 5.57 Å². The standard InChI is InChI=1S/C23H24O4Se/c1-16-9-7-8-12-19(16)20-14-23(21(24)26-2,22(25)27-3)13-17(20)15-28-18-10-5-4-6-11-18/h4-12,14,17H,13,15H2,1-3H3. The van der Waals surface area contributed by atoms with Gasteiger partial charge in [0.15, 0.2) is 0 Å². The molecule has 0 saturated carbocycles. The maximum atomic E-state index is 12.7. The first-order chi connectivity index (χ1) is 13.5. The van der Waals surface area contributed by atoms with Crippen LogP contribution in [0.2, 0.25) is 5.32 Å². The van der Waals surface area contributed by atoms with Gasteiger partial charge in [0.2, 0.25) is 0 Å². The Bertz CT molecular complexity index is 872. The number of hydrogen-bond acceptors (Lipinski definition) is 4. The molecule has 2 aromatic rings. The van der Waals surface area contributed by atoms with Crippen molar-refractivity contribution in [2.45, 2.75) is 18.7 Å². The molecule has 0 amide bonds. The minimum atomic E-state index is -1.38. The number of benzene rings is 2. The average molecular weight is 443 g/mol. The number of carbonyl (C=O) groups excluding carboxylic acids is 2. The molecule has 0 radical (unpaired) electrons. The van der Waals surface area contributed by atoms with Gasteiger partial charge in [-0.3, -0.25) is 0 Å². The summed E-state index contributed by atoms with van der Waals surface area (Å²) in [5, 5.41) is 0.896. The molecule has 146 valence electrons. The molecule has 0 aromatic heterocycles. The molecular weight excluding hydrogens is 419 g/mol. The van der Waals surface area contributed by atoms with E-state index in [9.17, 15) is 9.59 Å². The number of carbonyl (C=O) groups is 2. The number of rotatable bonds is 6. The van der Waals surface area contributed by atoms with Gasteiger partial charge in [-0.1, -0.05) is 0 Å². The Hall–Kier alpha value is -2.36. The van der Waals surface area contributed by atoms with Gasteiger partial charge in [-0.15, -0.1) is 0 Å². The Labute approximate surface area is 172 Å². The number of allylic oxidation sites excluding steroid dienone is 1. The summed E-state index contributed by atoms with van der Waals surface area (Å²) in [5.74, 6) is -1.03. The van der Waals surface area contributed by atoms with Crippen molar-refractivity contribution in [1.29, 1.82) is 0 Å². The molecular formula is C23H24O4Se. The summed E-state index contributed by atoms with van der Waals surface area (Å²) in [4.78, 5) is 25.3. The first-order valence-electron chi connectivity index (χ1n) is 9.15. The zero-order valence-electron chi connectivity index (χ0n) is 16.3. The second-order valence-electron chi connectivity index (χ2n) is 6.89. The Morgan fingerprint density at radius 1 is 1.00 bits per heavy atom. The van der Waals surface area contributed by atoms with E-state index in [1.54, 1.807) is 6.08 Å². The fraction of sp³-hybridized carbons (Fsp3) is 0.304. The van der Waals surface area contributed by atoms with Gasteiger partial charge >= 0.3 is 172 Å². The zero-order chi connectivity index (χ0) is 20.1. The maximum absolute atomic E-state index is 12.7. The van der Waals surface area contributed by atoms with Crippen molar-refractivity contribution >= 4 is 36.9 Å². The molecule has 0 spiro atoms. The van der Waals surface area contributed by atoms with E-state index in [-0.39, 0.29) is 20.9 Å². The van der Waals surface area contributed by atoms with Gasteiger partial charge in [0, 0.05) is 0 Å². The van der Waals surface area contributed by atoms with E-state index in [0.717, 1.165) is 22.0 Å². The Morgan fingerprint density at radius 3 is 2.21 bits per heavy atom. The first kappa shape index (κ1) is 20.4. The second kappa shape index (κ2) is 8.76. The predicted octanol–water partition coefficient (Wildman–Crippen LogP) is 3.18. The van der Waals surface area contributed by atoms with Crippen molar-refractivity contribution in [2.24, 2.45) is 11.3 Å². The molecule has 4 nitrogen and oxygen atoms in total. The normalized spacial score (nSPS) is 17.7. The number of methoxy groups -OCH3 is 2. The van der Waals surface area contributed by atoms with Crippen LogP contribution in [-0.2, 0) is 19.1 Å². The van der Waals surface area contributed by atoms with Crippen LogP contribution >= 0.6 is 0 Å². The van der Waals surface area contributed by atoms with Crippen molar-refractivity contribution in [3.05, 3.63) is 71.8 Å². The molecule has 0 heterocycles. The van der Waals surface area contributed by atoms with Gasteiger partial charge in [0.25, 0.3) is 0 Å². The van der Waals surface area contributed by atoms with Crippen LogP contribution in [0.1, 0.15) is 17.5 Å². The van der Waals surface area contributed by atoms with Gasteiger partial charge in [-0.2, -0.15) is 0 Å². The molecule has 0 fully saturated rings. The molecule has 0 aliphatic heterocycles. The summed E-state index contributed by atoms with van der Waals surface area (Å²) in [6.45, 7) is 2.05. The van der Waals surface area contributed by atoms with Gasteiger partial charge in [0.1, 0.15) is 0 Å². The zero-order valence-corrected chi connectivity index (χ0v) is 18.0. The molecule has 2 aromatic carbocycles. The third-order valence-electron chi connectivity index (χ3n) is 5.16. The molecule has 1 unspecified atom stereocenters. The Kier molecular flexibility index (Phi) is 6.38. The summed E-state index contributed by atoms with van der Waals surface area (Å²) in [7, 11) is 2.63. The molecule has 1 aliphatic carbocycles. The van der Waals surface area contributed by atoms with E-state index >= 15 is 0 Å². The topological polar surface area (TPSA) is 52.6 Å². The van der Waals surface area contributed by atoms with Crippen molar-refractivity contribution < 1.29 is 19.1 Å². The predicted molar refractivity (Wildman–Crippen MR) is 110 cm³/mol. The van der Waals surface area contributed by atoms with Crippen LogP contribution in [0.5, 0.6) is 0 Å². The van der Waals surface area contributed by atoms with Crippen LogP contribution in [0, 0.1) is 18.3 Å². The average Bonchev–Trinajstić information content (AvgIpc) is 3.13. The van der Waals surface area contributed by atoms with E-state index in [0.29, 0.717) is 6.42 Å². The third kappa shape index (κ3) is 3.91. The summed E-state index contributed by atoms with van der Waals surface area (Å²) in [6.07, 6.45) is 2.17. The third-order valence-corrected chi connectivity index (χ3v) is 7.62. The number of aryl methyl sites for hydroxylation is 1. The van der Waals surface area contributed by atoms with Gasteiger partial charge in [-0.25, -0.2) is 0 Å². The van der Waals surface area contributed by atoms with Crippen molar-refractivity contribution in [1.82, 2.24) is 0 Å². The molecule has 1 atom stereocenters. The minimum absolute atomic E-state index is 0.0829. The van der Waals surface area contributed by atoms with E-state index < -0.39 is 17.4 Å². The fourth-order valence-corrected chi connectivity index (χ4v) is 5.91. The molecule has 0 N–H and O–H groups in total. The van der Waals surface area contributed by atoms with Gasteiger partial charge in [-0.05, 0) is 0 Å². The molecule has 0 saturated heterocycles. The fourth-order valence-electron chi connectivity index (χ4n) is 3.73. The van der Waals surface area contributed by atoms with Crippen LogP contribution in [0.15, 0.2) is 60.7 Å². The number of ether oxygens (including phenoxy) is 2. The summed E-state index contributed by atoms with van der Waals surface area (Å²) < 4.78 is 11.3. The summed E-state index contributed by atoms with van der Waals surface area (Å²) in [6, 6.07) is 18.4. The van der Waals surface area contributed by atoms with Crippen LogP contribution in [-0.4, -0.2) is 41.1 Å². The van der Waals surface area contributed by atoms with Crippen LogP contribution in [0.3, 0.4) is 0 Å². The first-order valence-corrected chi connectivity index (χ1v) is 11.2. The van der Waals surface area contributed by atoms with Crippen molar-refractivity contribution in [2.75, 3.05) is 14.2 Å². The van der Waals surface area contributed by atoms with E-state index in [1.165, 1.54) is 18.7 Å². The molecule has 28 heavy (non-hydrogen) atoms. The van der Waals surface area contributed by atoms with Gasteiger partial charge < -0.3 is 0 Å². The molecule has 1 aliphatic rings. The van der Waals surface area contributed by atoms with Crippen molar-refractivity contribution in [3.63, 3.8) is 0 Å². The van der Waals surface area contributed by atoms with E-state index in [4.69, 9.17) is 9.47 Å².